The Labute approximate surface area is 139 Å². The normalized spacial score (nSPS) is 12.2. The predicted octanol–water partition coefficient (Wildman–Crippen LogP) is 3.33. The number of rotatable bonds is 4. The summed E-state index contributed by atoms with van der Waals surface area (Å²) in [6.07, 6.45) is 0. The Morgan fingerprint density at radius 3 is 2.70 bits per heavy atom. The van der Waals surface area contributed by atoms with E-state index < -0.39 is 10.0 Å². The Hall–Kier alpha value is -1.93. The molecule has 3 aromatic rings. The highest BCUT2D eigenvalue weighted by Crippen LogP contribution is 2.25. The summed E-state index contributed by atoms with van der Waals surface area (Å²) in [6, 6.07) is 7.42. The van der Waals surface area contributed by atoms with Crippen molar-refractivity contribution in [2.24, 2.45) is 0 Å². The standard InChI is InChI=1S/C15H18N4O2S2/c1-9(2)12-6-5-7-13(8-12)18-23(20,21)14-10(3)16-15-19(14)17-11(4)22-15/h5-9,18H,1-4H3. The van der Waals surface area contributed by atoms with Crippen LogP contribution in [0, 0.1) is 13.8 Å². The minimum absolute atomic E-state index is 0.0896. The Morgan fingerprint density at radius 1 is 1.26 bits per heavy atom. The van der Waals surface area contributed by atoms with Crippen LogP contribution in [0.3, 0.4) is 0 Å². The van der Waals surface area contributed by atoms with Crippen LogP contribution in [0.5, 0.6) is 0 Å². The SMILES string of the molecule is Cc1nn2c(S(=O)(=O)Nc3cccc(C(C)C)c3)c(C)nc2s1. The average molecular weight is 350 g/mol. The monoisotopic (exact) mass is 350 g/mol. The van der Waals surface area contributed by atoms with Gasteiger partial charge in [-0.15, -0.1) is 0 Å². The van der Waals surface area contributed by atoms with E-state index in [4.69, 9.17) is 0 Å². The van der Waals surface area contributed by atoms with Crippen LogP contribution in [0.25, 0.3) is 4.96 Å². The molecule has 0 fully saturated rings. The van der Waals surface area contributed by atoms with Crippen molar-refractivity contribution in [2.45, 2.75) is 38.6 Å². The number of benzene rings is 1. The lowest BCUT2D eigenvalue weighted by Crippen LogP contribution is -2.16. The van der Waals surface area contributed by atoms with Gasteiger partial charge in [0.2, 0.25) is 9.99 Å². The lowest BCUT2D eigenvalue weighted by atomic mass is 10.0. The van der Waals surface area contributed by atoms with Gasteiger partial charge in [0.25, 0.3) is 10.0 Å². The van der Waals surface area contributed by atoms with Crippen LogP contribution in [-0.4, -0.2) is 23.0 Å². The average Bonchev–Trinajstić information content (AvgIpc) is 2.92. The largest absolute Gasteiger partial charge is 0.281 e. The highest BCUT2D eigenvalue weighted by atomic mass is 32.2. The van der Waals surface area contributed by atoms with Gasteiger partial charge in [0, 0.05) is 5.69 Å². The molecule has 8 heteroatoms. The van der Waals surface area contributed by atoms with Gasteiger partial charge in [-0.3, -0.25) is 4.72 Å². The number of aryl methyl sites for hydroxylation is 2. The van der Waals surface area contributed by atoms with Gasteiger partial charge in [0.15, 0.2) is 0 Å². The lowest BCUT2D eigenvalue weighted by Gasteiger charge is -2.11. The quantitative estimate of drug-likeness (QED) is 0.783. The van der Waals surface area contributed by atoms with Crippen molar-refractivity contribution in [1.82, 2.24) is 14.6 Å². The molecule has 3 rings (SSSR count). The van der Waals surface area contributed by atoms with E-state index in [9.17, 15) is 8.42 Å². The molecule has 2 heterocycles. The van der Waals surface area contributed by atoms with Gasteiger partial charge in [-0.1, -0.05) is 37.3 Å². The van der Waals surface area contributed by atoms with Crippen LogP contribution in [0.4, 0.5) is 5.69 Å². The van der Waals surface area contributed by atoms with E-state index in [1.807, 2.05) is 25.1 Å². The Bertz CT molecular complexity index is 971. The van der Waals surface area contributed by atoms with Crippen LogP contribution in [-0.2, 0) is 10.0 Å². The number of nitrogens with one attached hydrogen (secondary N) is 1. The van der Waals surface area contributed by atoms with E-state index in [0.717, 1.165) is 10.6 Å². The molecule has 0 atom stereocenters. The molecule has 0 amide bonds. The van der Waals surface area contributed by atoms with Gasteiger partial charge in [-0.2, -0.15) is 18.0 Å². The van der Waals surface area contributed by atoms with E-state index >= 15 is 0 Å². The van der Waals surface area contributed by atoms with Gasteiger partial charge in [-0.05, 0) is 37.5 Å². The second-order valence-corrected chi connectivity index (χ2v) is 8.46. The molecule has 0 saturated heterocycles. The van der Waals surface area contributed by atoms with Crippen molar-refractivity contribution in [1.29, 1.82) is 0 Å². The second-order valence-electron chi connectivity index (χ2n) is 5.70. The van der Waals surface area contributed by atoms with Gasteiger partial charge < -0.3 is 0 Å². The maximum atomic E-state index is 12.8. The van der Waals surface area contributed by atoms with Crippen molar-refractivity contribution in [2.75, 3.05) is 4.72 Å². The molecule has 0 aliphatic heterocycles. The third kappa shape index (κ3) is 2.96. The smallest absolute Gasteiger partial charge is 0.278 e. The predicted molar refractivity (Wildman–Crippen MR) is 91.7 cm³/mol. The molecule has 0 radical (unpaired) electrons. The fourth-order valence-electron chi connectivity index (χ4n) is 2.40. The Balaban J connectivity index is 2.04. The van der Waals surface area contributed by atoms with Crippen molar-refractivity contribution in [3.05, 3.63) is 40.5 Å². The minimum atomic E-state index is -3.76. The number of hydrogen-bond donors (Lipinski definition) is 1. The van der Waals surface area contributed by atoms with Crippen LogP contribution in [0.1, 0.15) is 36.0 Å². The molecule has 23 heavy (non-hydrogen) atoms. The number of imidazole rings is 1. The molecule has 1 N–H and O–H groups in total. The highest BCUT2D eigenvalue weighted by Gasteiger charge is 2.25. The molecule has 0 spiro atoms. The van der Waals surface area contributed by atoms with Crippen molar-refractivity contribution in [3.8, 4) is 0 Å². The third-order valence-electron chi connectivity index (χ3n) is 3.49. The summed E-state index contributed by atoms with van der Waals surface area (Å²) in [6.45, 7) is 7.63. The zero-order valence-corrected chi connectivity index (χ0v) is 15.0. The van der Waals surface area contributed by atoms with Crippen molar-refractivity contribution in [3.63, 3.8) is 0 Å². The van der Waals surface area contributed by atoms with Crippen LogP contribution >= 0.6 is 11.3 Å². The van der Waals surface area contributed by atoms with Crippen LogP contribution in [0.2, 0.25) is 0 Å². The summed E-state index contributed by atoms with van der Waals surface area (Å²) < 4.78 is 29.6. The molecule has 0 bridgehead atoms. The first kappa shape index (κ1) is 15.9. The summed E-state index contributed by atoms with van der Waals surface area (Å²) >= 11 is 1.36. The topological polar surface area (TPSA) is 76.4 Å². The van der Waals surface area contributed by atoms with Gasteiger partial charge in [0.05, 0.1) is 5.69 Å². The summed E-state index contributed by atoms with van der Waals surface area (Å²) in [5, 5.41) is 5.10. The van der Waals surface area contributed by atoms with Gasteiger partial charge >= 0.3 is 0 Å². The molecular formula is C15H18N4O2S2. The third-order valence-corrected chi connectivity index (χ3v) is 5.79. The lowest BCUT2D eigenvalue weighted by molar-refractivity contribution is 0.592. The zero-order chi connectivity index (χ0) is 16.8. The number of fused-ring (bicyclic) bond motifs is 1. The maximum absolute atomic E-state index is 12.8. The molecule has 2 aromatic heterocycles. The number of aromatic nitrogens is 3. The first-order chi connectivity index (χ1) is 10.8. The molecule has 0 aliphatic carbocycles. The molecule has 122 valence electrons. The zero-order valence-electron chi connectivity index (χ0n) is 13.4. The van der Waals surface area contributed by atoms with Crippen LogP contribution in [0.15, 0.2) is 29.3 Å². The summed E-state index contributed by atoms with van der Waals surface area (Å²) in [5.74, 6) is 0.323. The van der Waals surface area contributed by atoms with E-state index in [-0.39, 0.29) is 5.03 Å². The molecule has 6 nitrogen and oxygen atoms in total. The van der Waals surface area contributed by atoms with E-state index in [1.165, 1.54) is 15.9 Å². The molecule has 0 aliphatic rings. The highest BCUT2D eigenvalue weighted by molar-refractivity contribution is 7.92. The van der Waals surface area contributed by atoms with E-state index in [1.54, 1.807) is 13.0 Å². The molecule has 1 aromatic carbocycles. The first-order valence-corrected chi connectivity index (χ1v) is 9.53. The molecular weight excluding hydrogens is 332 g/mol. The fraction of sp³-hybridized carbons (Fsp3) is 0.333. The number of hydrogen-bond acceptors (Lipinski definition) is 5. The van der Waals surface area contributed by atoms with Gasteiger partial charge in [0.1, 0.15) is 5.01 Å². The summed E-state index contributed by atoms with van der Waals surface area (Å²) in [4.78, 5) is 4.87. The number of nitrogens with zero attached hydrogens (tertiary/aromatic N) is 3. The Kier molecular flexibility index (Phi) is 3.89. The minimum Gasteiger partial charge on any atom is -0.278 e. The van der Waals surface area contributed by atoms with E-state index in [2.05, 4.69) is 28.7 Å². The Morgan fingerprint density at radius 2 is 2.00 bits per heavy atom. The maximum Gasteiger partial charge on any atom is 0.281 e. The number of sulfonamides is 1. The van der Waals surface area contributed by atoms with Crippen LogP contribution < -0.4 is 4.72 Å². The second kappa shape index (κ2) is 5.61. The fourth-order valence-corrected chi connectivity index (χ4v) is 4.57. The number of anilines is 1. The summed E-state index contributed by atoms with van der Waals surface area (Å²) in [5.41, 5.74) is 2.05. The first-order valence-electron chi connectivity index (χ1n) is 7.23. The van der Waals surface area contributed by atoms with Crippen molar-refractivity contribution >= 4 is 32.0 Å². The molecule has 0 unspecified atom stereocenters. The summed E-state index contributed by atoms with van der Waals surface area (Å²) in [7, 11) is -3.76. The van der Waals surface area contributed by atoms with E-state index in [0.29, 0.717) is 22.3 Å². The van der Waals surface area contributed by atoms with Crippen molar-refractivity contribution < 1.29 is 8.42 Å². The van der Waals surface area contributed by atoms with Gasteiger partial charge in [-0.25, -0.2) is 4.98 Å². The molecule has 0 saturated carbocycles.